The van der Waals surface area contributed by atoms with E-state index < -0.39 is 0 Å². The maximum absolute atomic E-state index is 11.5. The molecule has 15 heavy (non-hydrogen) atoms. The van der Waals surface area contributed by atoms with Crippen LogP contribution in [0.15, 0.2) is 24.5 Å². The van der Waals surface area contributed by atoms with Gasteiger partial charge in [-0.1, -0.05) is 0 Å². The number of rotatable bonds is 3. The van der Waals surface area contributed by atoms with Gasteiger partial charge in [0.05, 0.1) is 0 Å². The molecule has 0 radical (unpaired) electrons. The third kappa shape index (κ3) is 3.58. The van der Waals surface area contributed by atoms with Crippen molar-refractivity contribution in [3.8, 4) is 0 Å². The Morgan fingerprint density at radius 1 is 1.27 bits per heavy atom. The predicted molar refractivity (Wildman–Crippen MR) is 59.7 cm³/mol. The average molecular weight is 207 g/mol. The van der Waals surface area contributed by atoms with Crippen molar-refractivity contribution in [2.45, 2.75) is 6.42 Å². The topological polar surface area (TPSA) is 36.4 Å². The van der Waals surface area contributed by atoms with Crippen LogP contribution in [0.3, 0.4) is 0 Å². The standard InChI is InChI=1S/C11H17N3O/c1-13(2)11(15)14(3)9-6-10-4-7-12-8-5-10/h4-5,7-8H,6,9H2,1-3H3. The molecule has 0 spiro atoms. The van der Waals surface area contributed by atoms with E-state index in [1.807, 2.05) is 19.2 Å². The molecule has 0 unspecified atom stereocenters. The second-order valence-corrected chi connectivity index (χ2v) is 3.70. The summed E-state index contributed by atoms with van der Waals surface area (Å²) in [7, 11) is 5.32. The number of carbonyl (C=O) groups excluding carboxylic acids is 1. The number of aromatic nitrogens is 1. The van der Waals surface area contributed by atoms with Crippen LogP contribution >= 0.6 is 0 Å². The molecule has 4 heteroatoms. The van der Waals surface area contributed by atoms with Crippen molar-refractivity contribution in [3.05, 3.63) is 30.1 Å². The van der Waals surface area contributed by atoms with Crippen LogP contribution in [0.2, 0.25) is 0 Å². The van der Waals surface area contributed by atoms with Gasteiger partial charge in [0, 0.05) is 40.1 Å². The summed E-state index contributed by atoms with van der Waals surface area (Å²) in [5.41, 5.74) is 1.20. The van der Waals surface area contributed by atoms with Gasteiger partial charge in [-0.25, -0.2) is 4.79 Å². The quantitative estimate of drug-likeness (QED) is 0.747. The lowest BCUT2D eigenvalue weighted by molar-refractivity contribution is 0.182. The molecule has 0 aliphatic rings. The molecule has 82 valence electrons. The molecule has 1 aromatic rings. The minimum absolute atomic E-state index is 0.0315. The molecule has 2 amide bonds. The fraction of sp³-hybridized carbons (Fsp3) is 0.455. The van der Waals surface area contributed by atoms with Crippen LogP contribution in [0.5, 0.6) is 0 Å². The fourth-order valence-corrected chi connectivity index (χ4v) is 1.28. The summed E-state index contributed by atoms with van der Waals surface area (Å²) >= 11 is 0. The minimum Gasteiger partial charge on any atom is -0.331 e. The Labute approximate surface area is 90.5 Å². The number of urea groups is 1. The highest BCUT2D eigenvalue weighted by Crippen LogP contribution is 2.00. The molecule has 0 aromatic carbocycles. The van der Waals surface area contributed by atoms with E-state index in [1.165, 1.54) is 5.56 Å². The molecule has 4 nitrogen and oxygen atoms in total. The summed E-state index contributed by atoms with van der Waals surface area (Å²) in [6.07, 6.45) is 4.39. The van der Waals surface area contributed by atoms with Gasteiger partial charge in [0.2, 0.25) is 0 Å². The third-order valence-electron chi connectivity index (χ3n) is 2.19. The molecule has 1 aromatic heterocycles. The van der Waals surface area contributed by atoms with Crippen LogP contribution in [0, 0.1) is 0 Å². The van der Waals surface area contributed by atoms with Crippen LogP contribution in [0.1, 0.15) is 5.56 Å². The summed E-state index contributed by atoms with van der Waals surface area (Å²) in [6, 6.07) is 3.96. The first-order chi connectivity index (χ1) is 7.11. The molecule has 1 rings (SSSR count). The van der Waals surface area contributed by atoms with Crippen molar-refractivity contribution in [3.63, 3.8) is 0 Å². The molecular formula is C11H17N3O. The van der Waals surface area contributed by atoms with E-state index in [0.29, 0.717) is 0 Å². The van der Waals surface area contributed by atoms with Crippen LogP contribution in [0.4, 0.5) is 4.79 Å². The fourth-order valence-electron chi connectivity index (χ4n) is 1.28. The van der Waals surface area contributed by atoms with Crippen LogP contribution < -0.4 is 0 Å². The van der Waals surface area contributed by atoms with E-state index in [-0.39, 0.29) is 6.03 Å². The molecule has 0 fully saturated rings. The Bertz CT molecular complexity index is 311. The van der Waals surface area contributed by atoms with E-state index in [4.69, 9.17) is 0 Å². The first-order valence-electron chi connectivity index (χ1n) is 4.92. The van der Waals surface area contributed by atoms with Crippen molar-refractivity contribution in [2.75, 3.05) is 27.7 Å². The Hall–Kier alpha value is -1.58. The van der Waals surface area contributed by atoms with Crippen molar-refractivity contribution >= 4 is 6.03 Å². The Balaban J connectivity index is 2.41. The molecule has 1 heterocycles. The van der Waals surface area contributed by atoms with Gasteiger partial charge >= 0.3 is 6.03 Å². The van der Waals surface area contributed by atoms with Gasteiger partial charge in [0.25, 0.3) is 0 Å². The van der Waals surface area contributed by atoms with Gasteiger partial charge < -0.3 is 9.80 Å². The molecule has 0 aliphatic heterocycles. The SMILES string of the molecule is CN(C)C(=O)N(C)CCc1ccncc1. The van der Waals surface area contributed by atoms with Crippen molar-refractivity contribution in [1.29, 1.82) is 0 Å². The zero-order valence-corrected chi connectivity index (χ0v) is 9.47. The number of hydrogen-bond donors (Lipinski definition) is 0. The molecule has 0 aliphatic carbocycles. The lowest BCUT2D eigenvalue weighted by atomic mass is 10.2. The van der Waals surface area contributed by atoms with Gasteiger partial charge in [-0.05, 0) is 24.1 Å². The number of hydrogen-bond acceptors (Lipinski definition) is 2. The highest BCUT2D eigenvalue weighted by atomic mass is 16.2. The van der Waals surface area contributed by atoms with Crippen LogP contribution in [-0.2, 0) is 6.42 Å². The Morgan fingerprint density at radius 2 is 1.87 bits per heavy atom. The maximum atomic E-state index is 11.5. The Kier molecular flexibility index (Phi) is 4.09. The van der Waals surface area contributed by atoms with E-state index in [2.05, 4.69) is 4.98 Å². The molecule has 0 saturated heterocycles. The highest BCUT2D eigenvalue weighted by molar-refractivity contribution is 5.73. The summed E-state index contributed by atoms with van der Waals surface area (Å²) < 4.78 is 0. The summed E-state index contributed by atoms with van der Waals surface area (Å²) in [4.78, 5) is 18.7. The third-order valence-corrected chi connectivity index (χ3v) is 2.19. The number of carbonyl (C=O) groups is 1. The molecule has 0 saturated carbocycles. The largest absolute Gasteiger partial charge is 0.331 e. The number of likely N-dealkylation sites (N-methyl/N-ethyl adjacent to an activating group) is 1. The molecule has 0 bridgehead atoms. The normalized spacial score (nSPS) is 9.80. The molecule has 0 N–H and O–H groups in total. The van der Waals surface area contributed by atoms with Gasteiger partial charge in [-0.2, -0.15) is 0 Å². The lowest BCUT2D eigenvalue weighted by Gasteiger charge is -2.21. The van der Waals surface area contributed by atoms with E-state index in [1.54, 1.807) is 36.3 Å². The second-order valence-electron chi connectivity index (χ2n) is 3.70. The van der Waals surface area contributed by atoms with E-state index in [0.717, 1.165) is 13.0 Å². The average Bonchev–Trinajstić information content (AvgIpc) is 2.26. The number of pyridine rings is 1. The van der Waals surface area contributed by atoms with E-state index >= 15 is 0 Å². The highest BCUT2D eigenvalue weighted by Gasteiger charge is 2.09. The maximum Gasteiger partial charge on any atom is 0.319 e. The van der Waals surface area contributed by atoms with Gasteiger partial charge in [0.15, 0.2) is 0 Å². The predicted octanol–water partition coefficient (Wildman–Crippen LogP) is 1.24. The summed E-state index contributed by atoms with van der Waals surface area (Å²) in [5, 5.41) is 0. The van der Waals surface area contributed by atoms with Crippen molar-refractivity contribution in [1.82, 2.24) is 14.8 Å². The lowest BCUT2D eigenvalue weighted by Crippen LogP contribution is -2.37. The smallest absolute Gasteiger partial charge is 0.319 e. The summed E-state index contributed by atoms with van der Waals surface area (Å²) in [5.74, 6) is 0. The summed E-state index contributed by atoms with van der Waals surface area (Å²) in [6.45, 7) is 0.723. The minimum atomic E-state index is 0.0315. The van der Waals surface area contributed by atoms with Crippen LogP contribution in [0.25, 0.3) is 0 Å². The second kappa shape index (κ2) is 5.34. The zero-order chi connectivity index (χ0) is 11.3. The monoisotopic (exact) mass is 207 g/mol. The van der Waals surface area contributed by atoms with Gasteiger partial charge in [0.1, 0.15) is 0 Å². The Morgan fingerprint density at radius 3 is 2.40 bits per heavy atom. The number of nitrogens with zero attached hydrogens (tertiary/aromatic N) is 3. The van der Waals surface area contributed by atoms with Crippen LogP contribution in [-0.4, -0.2) is 48.5 Å². The first-order valence-corrected chi connectivity index (χ1v) is 4.92. The zero-order valence-electron chi connectivity index (χ0n) is 9.47. The van der Waals surface area contributed by atoms with Crippen molar-refractivity contribution < 1.29 is 4.79 Å². The van der Waals surface area contributed by atoms with Gasteiger partial charge in [-0.3, -0.25) is 4.98 Å². The van der Waals surface area contributed by atoms with E-state index in [9.17, 15) is 4.79 Å². The van der Waals surface area contributed by atoms with Crippen molar-refractivity contribution in [2.24, 2.45) is 0 Å². The molecular weight excluding hydrogens is 190 g/mol. The van der Waals surface area contributed by atoms with Gasteiger partial charge in [-0.15, -0.1) is 0 Å². The number of amides is 2. The first kappa shape index (κ1) is 11.5. The molecule has 0 atom stereocenters.